The molecule has 2 aromatic heterocycles. The monoisotopic (exact) mass is 214 g/mol. The largest absolute Gasteiger partial charge is 0.297 e. The summed E-state index contributed by atoms with van der Waals surface area (Å²) in [5, 5.41) is 2.05. The van der Waals surface area contributed by atoms with Crippen molar-refractivity contribution in [2.24, 2.45) is 0 Å². The van der Waals surface area contributed by atoms with E-state index in [2.05, 4.69) is 45.2 Å². The van der Waals surface area contributed by atoms with Gasteiger partial charge in [-0.3, -0.25) is 4.40 Å². The fraction of sp³-hybridized carbons (Fsp3) is 0.0833. The first kappa shape index (κ1) is 8.68. The van der Waals surface area contributed by atoms with E-state index in [1.54, 1.807) is 11.3 Å². The topological polar surface area (TPSA) is 17.3 Å². The van der Waals surface area contributed by atoms with Crippen molar-refractivity contribution in [1.29, 1.82) is 0 Å². The van der Waals surface area contributed by atoms with Gasteiger partial charge < -0.3 is 0 Å². The third-order valence-corrected chi connectivity index (χ3v) is 3.14. The molecule has 0 atom stereocenters. The van der Waals surface area contributed by atoms with Gasteiger partial charge in [-0.2, -0.15) is 0 Å². The average Bonchev–Trinajstić information content (AvgIpc) is 2.79. The SMILES string of the molecule is c1ccc(Cc2cn3ccsc3n2)cc1. The van der Waals surface area contributed by atoms with Crippen molar-refractivity contribution in [3.8, 4) is 0 Å². The molecule has 0 aliphatic heterocycles. The number of benzene rings is 1. The van der Waals surface area contributed by atoms with E-state index in [-0.39, 0.29) is 0 Å². The number of thiazole rings is 1. The zero-order chi connectivity index (χ0) is 10.1. The number of rotatable bonds is 2. The molecule has 0 aliphatic rings. The Morgan fingerprint density at radius 2 is 2.07 bits per heavy atom. The molecule has 0 saturated heterocycles. The quantitative estimate of drug-likeness (QED) is 0.641. The van der Waals surface area contributed by atoms with Crippen LogP contribution in [0.2, 0.25) is 0 Å². The molecule has 1 aromatic carbocycles. The highest BCUT2D eigenvalue weighted by Crippen LogP contribution is 2.14. The second-order valence-electron chi connectivity index (χ2n) is 3.49. The first-order chi connectivity index (χ1) is 7.42. The number of fused-ring (bicyclic) bond motifs is 1. The first-order valence-corrected chi connectivity index (χ1v) is 5.75. The van der Waals surface area contributed by atoms with Gasteiger partial charge in [-0.1, -0.05) is 30.3 Å². The summed E-state index contributed by atoms with van der Waals surface area (Å²) in [6, 6.07) is 10.4. The Morgan fingerprint density at radius 3 is 2.87 bits per heavy atom. The van der Waals surface area contributed by atoms with E-state index in [1.165, 1.54) is 5.56 Å². The second kappa shape index (κ2) is 3.51. The fourth-order valence-electron chi connectivity index (χ4n) is 1.67. The van der Waals surface area contributed by atoms with Gasteiger partial charge in [0.15, 0.2) is 4.96 Å². The van der Waals surface area contributed by atoms with Crippen LogP contribution in [-0.2, 0) is 6.42 Å². The fourth-order valence-corrected chi connectivity index (χ4v) is 2.39. The van der Waals surface area contributed by atoms with Crippen molar-refractivity contribution >= 4 is 16.3 Å². The van der Waals surface area contributed by atoms with E-state index in [9.17, 15) is 0 Å². The Labute approximate surface area is 91.8 Å². The smallest absolute Gasteiger partial charge is 0.193 e. The predicted molar refractivity (Wildman–Crippen MR) is 62.3 cm³/mol. The van der Waals surface area contributed by atoms with Crippen molar-refractivity contribution in [1.82, 2.24) is 9.38 Å². The Balaban J connectivity index is 1.93. The number of hydrogen-bond acceptors (Lipinski definition) is 2. The number of hydrogen-bond donors (Lipinski definition) is 0. The molecule has 2 heterocycles. The molecule has 0 saturated carbocycles. The Morgan fingerprint density at radius 1 is 1.20 bits per heavy atom. The molecule has 0 fully saturated rings. The van der Waals surface area contributed by atoms with Gasteiger partial charge in [-0.25, -0.2) is 4.98 Å². The van der Waals surface area contributed by atoms with Gasteiger partial charge in [0.1, 0.15) is 0 Å². The molecule has 0 N–H and O–H groups in total. The van der Waals surface area contributed by atoms with Crippen LogP contribution in [0.25, 0.3) is 4.96 Å². The highest BCUT2D eigenvalue weighted by molar-refractivity contribution is 7.15. The zero-order valence-electron chi connectivity index (χ0n) is 8.13. The highest BCUT2D eigenvalue weighted by atomic mass is 32.1. The minimum absolute atomic E-state index is 0.912. The summed E-state index contributed by atoms with van der Waals surface area (Å²) in [4.78, 5) is 5.62. The van der Waals surface area contributed by atoms with Crippen LogP contribution >= 0.6 is 11.3 Å². The van der Waals surface area contributed by atoms with E-state index >= 15 is 0 Å². The van der Waals surface area contributed by atoms with E-state index in [1.807, 2.05) is 12.3 Å². The van der Waals surface area contributed by atoms with Crippen molar-refractivity contribution in [3.63, 3.8) is 0 Å². The van der Waals surface area contributed by atoms with Crippen LogP contribution in [0, 0.1) is 0 Å². The number of aromatic nitrogens is 2. The molecular formula is C12H10N2S. The van der Waals surface area contributed by atoms with Crippen molar-refractivity contribution in [2.75, 3.05) is 0 Å². The summed E-state index contributed by atoms with van der Waals surface area (Å²) < 4.78 is 2.07. The minimum atomic E-state index is 0.912. The van der Waals surface area contributed by atoms with Crippen LogP contribution in [0.1, 0.15) is 11.3 Å². The van der Waals surface area contributed by atoms with Crippen molar-refractivity contribution in [3.05, 3.63) is 59.4 Å². The molecule has 3 heteroatoms. The Bertz CT molecular complexity index is 537. The van der Waals surface area contributed by atoms with E-state index < -0.39 is 0 Å². The lowest BCUT2D eigenvalue weighted by Gasteiger charge is -1.95. The van der Waals surface area contributed by atoms with Gasteiger partial charge >= 0.3 is 0 Å². The third kappa shape index (κ3) is 1.66. The number of nitrogens with zero attached hydrogens (tertiary/aromatic N) is 2. The lowest BCUT2D eigenvalue weighted by atomic mass is 10.1. The molecule has 0 aliphatic carbocycles. The summed E-state index contributed by atoms with van der Waals surface area (Å²) in [7, 11) is 0. The van der Waals surface area contributed by atoms with E-state index in [0.29, 0.717) is 0 Å². The van der Waals surface area contributed by atoms with Crippen LogP contribution in [0.5, 0.6) is 0 Å². The summed E-state index contributed by atoms with van der Waals surface area (Å²) in [6.07, 6.45) is 5.05. The Kier molecular flexibility index (Phi) is 2.03. The van der Waals surface area contributed by atoms with Gasteiger partial charge in [0.2, 0.25) is 0 Å². The first-order valence-electron chi connectivity index (χ1n) is 4.87. The van der Waals surface area contributed by atoms with Crippen LogP contribution in [0.3, 0.4) is 0 Å². The van der Waals surface area contributed by atoms with Gasteiger partial charge in [-0.15, -0.1) is 11.3 Å². The molecule has 3 aromatic rings. The molecule has 15 heavy (non-hydrogen) atoms. The number of imidazole rings is 1. The van der Waals surface area contributed by atoms with Gasteiger partial charge in [0.25, 0.3) is 0 Å². The Hall–Kier alpha value is -1.61. The summed E-state index contributed by atoms with van der Waals surface area (Å²) in [5.74, 6) is 0. The van der Waals surface area contributed by atoms with Gasteiger partial charge in [0.05, 0.1) is 5.69 Å². The van der Waals surface area contributed by atoms with E-state index in [0.717, 1.165) is 17.1 Å². The molecule has 0 amide bonds. The molecule has 0 unspecified atom stereocenters. The highest BCUT2D eigenvalue weighted by Gasteiger charge is 2.02. The molecule has 2 nitrogen and oxygen atoms in total. The zero-order valence-corrected chi connectivity index (χ0v) is 8.95. The molecule has 0 bridgehead atoms. The van der Waals surface area contributed by atoms with Gasteiger partial charge in [0, 0.05) is 24.2 Å². The molecule has 0 spiro atoms. The second-order valence-corrected chi connectivity index (χ2v) is 4.36. The van der Waals surface area contributed by atoms with Crippen LogP contribution < -0.4 is 0 Å². The predicted octanol–water partition coefficient (Wildman–Crippen LogP) is 2.99. The average molecular weight is 214 g/mol. The van der Waals surface area contributed by atoms with Crippen LogP contribution in [-0.4, -0.2) is 9.38 Å². The lowest BCUT2D eigenvalue weighted by Crippen LogP contribution is -1.86. The minimum Gasteiger partial charge on any atom is -0.297 e. The molecule has 0 radical (unpaired) electrons. The summed E-state index contributed by atoms with van der Waals surface area (Å²) in [6.45, 7) is 0. The lowest BCUT2D eigenvalue weighted by molar-refractivity contribution is 1.11. The maximum Gasteiger partial charge on any atom is 0.193 e. The van der Waals surface area contributed by atoms with Crippen molar-refractivity contribution < 1.29 is 0 Å². The summed E-state index contributed by atoms with van der Waals surface area (Å²) in [5.41, 5.74) is 2.44. The maximum absolute atomic E-state index is 4.55. The van der Waals surface area contributed by atoms with Crippen LogP contribution in [0.4, 0.5) is 0 Å². The summed E-state index contributed by atoms with van der Waals surface area (Å²) >= 11 is 1.67. The molecule has 74 valence electrons. The normalized spacial score (nSPS) is 10.9. The molecule has 3 rings (SSSR count). The van der Waals surface area contributed by atoms with Gasteiger partial charge in [-0.05, 0) is 5.56 Å². The van der Waals surface area contributed by atoms with Crippen LogP contribution in [0.15, 0.2) is 48.1 Å². The van der Waals surface area contributed by atoms with Crippen molar-refractivity contribution in [2.45, 2.75) is 6.42 Å². The molecular weight excluding hydrogens is 204 g/mol. The maximum atomic E-state index is 4.55. The van der Waals surface area contributed by atoms with E-state index in [4.69, 9.17) is 0 Å². The third-order valence-electron chi connectivity index (χ3n) is 2.37. The standard InChI is InChI=1S/C12H10N2S/c1-2-4-10(5-3-1)8-11-9-14-6-7-15-12(14)13-11/h1-7,9H,8H2.